The predicted octanol–water partition coefficient (Wildman–Crippen LogP) is 1.72. The smallest absolute Gasteiger partial charge is 0.657 e. The summed E-state index contributed by atoms with van der Waals surface area (Å²) in [5, 5.41) is 7.66. The van der Waals surface area contributed by atoms with Crippen molar-refractivity contribution in [2.75, 3.05) is 13.1 Å². The normalized spacial score (nSPS) is 31.0. The van der Waals surface area contributed by atoms with Crippen LogP contribution in [0, 0.1) is 37.0 Å². The number of nitrogens with one attached hydrogen (secondary N) is 1. The molecule has 0 aromatic heterocycles. The molecule has 0 bridgehead atoms. The van der Waals surface area contributed by atoms with Crippen molar-refractivity contribution in [3.8, 4) is 0 Å². The molecule has 0 aromatic carbocycles. The van der Waals surface area contributed by atoms with Crippen LogP contribution in [0.25, 0.3) is 5.32 Å². The fourth-order valence-electron chi connectivity index (χ4n) is 1.26. The molecule has 2 fully saturated rings. The molecule has 2 nitrogen and oxygen atoms in total. The quantitative estimate of drug-likeness (QED) is 0.625. The third-order valence-corrected chi connectivity index (χ3v) is 1.86. The van der Waals surface area contributed by atoms with Gasteiger partial charge in [0, 0.05) is 0 Å². The molecule has 2 heterocycles. The van der Waals surface area contributed by atoms with Crippen molar-refractivity contribution in [1.29, 1.82) is 0 Å². The zero-order valence-electron chi connectivity index (χ0n) is 8.22. The van der Waals surface area contributed by atoms with E-state index in [0.717, 1.165) is 19.1 Å². The minimum atomic E-state index is 0. The Hall–Kier alpha value is 0.972. The summed E-state index contributed by atoms with van der Waals surface area (Å²) in [7, 11) is 0. The largest absolute Gasteiger partial charge is 2.00 e. The molecule has 2 rings (SSSR count). The first-order valence-electron chi connectivity index (χ1n) is 4.37. The number of hydrogen-bond donors (Lipinski definition) is 1. The summed E-state index contributed by atoms with van der Waals surface area (Å²) in [5.41, 5.74) is 0. The second-order valence-corrected chi connectivity index (χ2v) is 3.78. The second-order valence-electron chi connectivity index (χ2n) is 3.78. The standard InChI is InChI=1S/C5H9N2.C4H9.U/c1-2-6-5-3-7-4(1)5;1-4(2)3;/h4-5,7H,1-3H2;1-3H3;/q2*-1;+2. The van der Waals surface area contributed by atoms with Crippen LogP contribution < -0.4 is 5.32 Å². The van der Waals surface area contributed by atoms with E-state index in [1.165, 1.54) is 12.3 Å². The van der Waals surface area contributed by atoms with E-state index >= 15 is 0 Å². The van der Waals surface area contributed by atoms with E-state index in [4.69, 9.17) is 0 Å². The minimum absolute atomic E-state index is 0. The van der Waals surface area contributed by atoms with Crippen LogP contribution in [0.4, 0.5) is 0 Å². The molecule has 0 amide bonds. The summed E-state index contributed by atoms with van der Waals surface area (Å²) in [4.78, 5) is 0. The Morgan fingerprint density at radius 2 is 1.92 bits per heavy atom. The van der Waals surface area contributed by atoms with Crippen LogP contribution in [0.3, 0.4) is 0 Å². The fourth-order valence-corrected chi connectivity index (χ4v) is 1.26. The van der Waals surface area contributed by atoms with Crippen LogP contribution in [0.5, 0.6) is 0 Å². The number of hydrogen-bond acceptors (Lipinski definition) is 1. The van der Waals surface area contributed by atoms with Gasteiger partial charge in [0.1, 0.15) is 0 Å². The molecule has 68 valence electrons. The van der Waals surface area contributed by atoms with E-state index in [-0.39, 0.29) is 31.1 Å². The minimum Gasteiger partial charge on any atom is -0.657 e. The third-order valence-electron chi connectivity index (χ3n) is 1.86. The van der Waals surface area contributed by atoms with Gasteiger partial charge in [-0.15, -0.1) is 12.6 Å². The second kappa shape index (κ2) is 6.43. The predicted molar refractivity (Wildman–Crippen MR) is 48.7 cm³/mol. The monoisotopic (exact) mass is 392 g/mol. The van der Waals surface area contributed by atoms with E-state index in [1.807, 2.05) is 0 Å². The first-order valence-corrected chi connectivity index (χ1v) is 4.37. The first-order chi connectivity index (χ1) is 5.20. The van der Waals surface area contributed by atoms with Crippen LogP contribution >= 0.6 is 0 Å². The molecule has 2 aliphatic heterocycles. The van der Waals surface area contributed by atoms with Gasteiger partial charge in [-0.2, -0.15) is 20.8 Å². The van der Waals surface area contributed by atoms with Gasteiger partial charge in [-0.05, 0) is 12.6 Å². The maximum Gasteiger partial charge on any atom is 2.00 e. The summed E-state index contributed by atoms with van der Waals surface area (Å²) in [6.45, 7) is 8.49. The number of rotatable bonds is 0. The molecular formula is C9H18N2U. The molecule has 0 spiro atoms. The summed E-state index contributed by atoms with van der Waals surface area (Å²) >= 11 is 0. The molecule has 2 aliphatic rings. The van der Waals surface area contributed by atoms with Crippen molar-refractivity contribution in [3.63, 3.8) is 0 Å². The number of nitrogens with zero attached hydrogens (tertiary/aromatic N) is 1. The van der Waals surface area contributed by atoms with Gasteiger partial charge in [0.2, 0.25) is 0 Å². The maximum absolute atomic E-state index is 4.34. The summed E-state index contributed by atoms with van der Waals surface area (Å²) in [5.74, 6) is 1.42. The average molecular weight is 392 g/mol. The van der Waals surface area contributed by atoms with Crippen LogP contribution in [0.2, 0.25) is 0 Å². The van der Waals surface area contributed by atoms with Crippen molar-refractivity contribution in [3.05, 3.63) is 11.2 Å². The summed E-state index contributed by atoms with van der Waals surface area (Å²) in [6, 6.07) is 1.49. The van der Waals surface area contributed by atoms with Gasteiger partial charge >= 0.3 is 31.1 Å². The molecule has 1 N–H and O–H groups in total. The Morgan fingerprint density at radius 1 is 1.33 bits per heavy atom. The van der Waals surface area contributed by atoms with E-state index < -0.39 is 0 Å². The van der Waals surface area contributed by atoms with Gasteiger partial charge in [-0.25, -0.2) is 0 Å². The van der Waals surface area contributed by atoms with Gasteiger partial charge < -0.3 is 16.6 Å². The van der Waals surface area contributed by atoms with Gasteiger partial charge in [-0.3, -0.25) is 0 Å². The molecule has 0 saturated carbocycles. The summed E-state index contributed by atoms with van der Waals surface area (Å²) < 4.78 is 0. The van der Waals surface area contributed by atoms with Crippen molar-refractivity contribution in [1.82, 2.24) is 5.32 Å². The van der Waals surface area contributed by atoms with E-state index in [1.54, 1.807) is 0 Å². The Balaban J connectivity index is 0.000000217. The Bertz CT molecular complexity index is 104. The van der Waals surface area contributed by atoms with E-state index in [0.29, 0.717) is 6.04 Å². The Kier molecular flexibility index (Phi) is 6.95. The topological polar surface area (TPSA) is 26.1 Å². The molecule has 12 heavy (non-hydrogen) atoms. The molecule has 2 atom stereocenters. The van der Waals surface area contributed by atoms with Crippen molar-refractivity contribution in [2.45, 2.75) is 39.3 Å². The maximum atomic E-state index is 4.34. The zero-order valence-corrected chi connectivity index (χ0v) is 12.4. The van der Waals surface area contributed by atoms with Gasteiger partial charge in [0.05, 0.1) is 0 Å². The Labute approximate surface area is 99.6 Å². The van der Waals surface area contributed by atoms with E-state index in [2.05, 4.69) is 31.4 Å². The summed E-state index contributed by atoms with van der Waals surface area (Å²) in [6.07, 6.45) is 1.28. The molecule has 0 radical (unpaired) electrons. The van der Waals surface area contributed by atoms with Crippen LogP contribution in [-0.2, 0) is 0 Å². The van der Waals surface area contributed by atoms with Crippen molar-refractivity contribution in [2.24, 2.45) is 0 Å². The van der Waals surface area contributed by atoms with E-state index in [9.17, 15) is 0 Å². The molecule has 3 heteroatoms. The third kappa shape index (κ3) is 4.28. The molecular weight excluding hydrogens is 374 g/mol. The van der Waals surface area contributed by atoms with Gasteiger partial charge in [0.25, 0.3) is 0 Å². The van der Waals surface area contributed by atoms with Crippen molar-refractivity contribution >= 4 is 0 Å². The molecule has 2 unspecified atom stereocenters. The fraction of sp³-hybridized carbons (Fsp3) is 0.889. The molecule has 2 saturated heterocycles. The van der Waals surface area contributed by atoms with Crippen molar-refractivity contribution < 1.29 is 31.1 Å². The zero-order chi connectivity index (χ0) is 8.27. The van der Waals surface area contributed by atoms with Crippen LogP contribution in [0.15, 0.2) is 0 Å². The first kappa shape index (κ1) is 13.0. The average Bonchev–Trinajstić information content (AvgIpc) is 2.10. The SMILES string of the molecule is C1CC2NCC2[N-]1.C[C-](C)C.[U+2]. The Morgan fingerprint density at radius 3 is 2.08 bits per heavy atom. The van der Waals surface area contributed by atoms with Crippen LogP contribution in [0.1, 0.15) is 27.2 Å². The van der Waals surface area contributed by atoms with Gasteiger partial charge in [-0.1, -0.05) is 6.42 Å². The molecule has 0 aliphatic carbocycles. The number of fused-ring (bicyclic) bond motifs is 1. The van der Waals surface area contributed by atoms with Gasteiger partial charge in [0.15, 0.2) is 0 Å². The van der Waals surface area contributed by atoms with Crippen LogP contribution in [-0.4, -0.2) is 25.2 Å². The molecule has 0 aromatic rings.